The van der Waals surface area contributed by atoms with Gasteiger partial charge in [0.15, 0.2) is 0 Å². The van der Waals surface area contributed by atoms with Crippen molar-refractivity contribution in [1.82, 2.24) is 4.90 Å². The minimum absolute atomic E-state index is 0.0550. The molecule has 1 atom stereocenters. The van der Waals surface area contributed by atoms with Crippen LogP contribution in [0.4, 0.5) is 0 Å². The van der Waals surface area contributed by atoms with Crippen molar-refractivity contribution < 1.29 is 9.90 Å². The van der Waals surface area contributed by atoms with E-state index in [-0.39, 0.29) is 5.91 Å². The molecule has 3 nitrogen and oxygen atoms in total. The Morgan fingerprint density at radius 1 is 1.82 bits per heavy atom. The van der Waals surface area contributed by atoms with Crippen molar-refractivity contribution in [3.8, 4) is 0 Å². The Balaban J connectivity index is 2.41. The van der Waals surface area contributed by atoms with Gasteiger partial charge < -0.3 is 10.0 Å². The molecule has 0 spiro atoms. The van der Waals surface area contributed by atoms with Crippen LogP contribution in [0.3, 0.4) is 0 Å². The van der Waals surface area contributed by atoms with Crippen molar-refractivity contribution in [2.24, 2.45) is 0 Å². The molecule has 0 saturated carbocycles. The quantitative estimate of drug-likeness (QED) is 0.603. The second-order valence-electron chi connectivity index (χ2n) is 2.68. The van der Waals surface area contributed by atoms with E-state index in [1.807, 2.05) is 0 Å². The van der Waals surface area contributed by atoms with Gasteiger partial charge in [-0.25, -0.2) is 0 Å². The van der Waals surface area contributed by atoms with E-state index in [0.717, 1.165) is 6.42 Å². The number of aliphatic hydroxyl groups excluding tert-OH is 1. The number of amides is 1. The van der Waals surface area contributed by atoms with E-state index in [2.05, 4.69) is 6.58 Å². The van der Waals surface area contributed by atoms with Gasteiger partial charge in [0.25, 0.3) is 0 Å². The SMILES string of the molecule is C=CCCN1C(=O)CCC1O. The number of carbonyl (C=O) groups is 1. The third-order valence-electron chi connectivity index (χ3n) is 1.87. The zero-order valence-corrected chi connectivity index (χ0v) is 6.49. The summed E-state index contributed by atoms with van der Waals surface area (Å²) in [6.07, 6.45) is 3.01. The Labute approximate surface area is 66.3 Å². The van der Waals surface area contributed by atoms with Crippen LogP contribution in [-0.4, -0.2) is 28.7 Å². The van der Waals surface area contributed by atoms with Crippen LogP contribution in [0.1, 0.15) is 19.3 Å². The van der Waals surface area contributed by atoms with Crippen LogP contribution in [0.15, 0.2) is 12.7 Å². The van der Waals surface area contributed by atoms with Gasteiger partial charge in [-0.1, -0.05) is 6.08 Å². The Kier molecular flexibility index (Phi) is 2.65. The van der Waals surface area contributed by atoms with Crippen molar-refractivity contribution in [2.75, 3.05) is 6.54 Å². The molecule has 62 valence electrons. The van der Waals surface area contributed by atoms with Crippen LogP contribution in [0, 0.1) is 0 Å². The van der Waals surface area contributed by atoms with Gasteiger partial charge in [0, 0.05) is 19.4 Å². The fraction of sp³-hybridized carbons (Fsp3) is 0.625. The molecule has 1 aliphatic rings. The lowest BCUT2D eigenvalue weighted by Crippen LogP contribution is -2.33. The number of hydrogen-bond donors (Lipinski definition) is 1. The maximum Gasteiger partial charge on any atom is 0.224 e. The van der Waals surface area contributed by atoms with E-state index < -0.39 is 6.23 Å². The summed E-state index contributed by atoms with van der Waals surface area (Å²) in [6, 6.07) is 0. The van der Waals surface area contributed by atoms with Gasteiger partial charge in [-0.3, -0.25) is 4.79 Å². The largest absolute Gasteiger partial charge is 0.374 e. The summed E-state index contributed by atoms with van der Waals surface area (Å²) in [4.78, 5) is 12.5. The lowest BCUT2D eigenvalue weighted by atomic mass is 10.4. The highest BCUT2D eigenvalue weighted by Gasteiger charge is 2.27. The van der Waals surface area contributed by atoms with Gasteiger partial charge in [-0.2, -0.15) is 0 Å². The Morgan fingerprint density at radius 2 is 2.55 bits per heavy atom. The van der Waals surface area contributed by atoms with Crippen LogP contribution in [0.2, 0.25) is 0 Å². The molecule has 1 heterocycles. The van der Waals surface area contributed by atoms with Crippen LogP contribution in [-0.2, 0) is 4.79 Å². The molecule has 1 amide bonds. The number of hydrogen-bond acceptors (Lipinski definition) is 2. The number of nitrogens with zero attached hydrogens (tertiary/aromatic N) is 1. The summed E-state index contributed by atoms with van der Waals surface area (Å²) >= 11 is 0. The van der Waals surface area contributed by atoms with Gasteiger partial charge in [-0.05, 0) is 6.42 Å². The number of rotatable bonds is 3. The third-order valence-corrected chi connectivity index (χ3v) is 1.87. The first-order valence-electron chi connectivity index (χ1n) is 3.84. The van der Waals surface area contributed by atoms with Crippen LogP contribution < -0.4 is 0 Å². The molecule has 1 rings (SSSR count). The van der Waals surface area contributed by atoms with E-state index in [0.29, 0.717) is 19.4 Å². The molecule has 0 radical (unpaired) electrons. The second-order valence-corrected chi connectivity index (χ2v) is 2.68. The molecule has 0 aromatic carbocycles. The van der Waals surface area contributed by atoms with E-state index in [1.54, 1.807) is 6.08 Å². The van der Waals surface area contributed by atoms with E-state index in [9.17, 15) is 9.90 Å². The fourth-order valence-corrected chi connectivity index (χ4v) is 1.22. The van der Waals surface area contributed by atoms with Crippen LogP contribution >= 0.6 is 0 Å². The van der Waals surface area contributed by atoms with Gasteiger partial charge in [-0.15, -0.1) is 6.58 Å². The molecular weight excluding hydrogens is 142 g/mol. The molecule has 1 unspecified atom stereocenters. The van der Waals surface area contributed by atoms with Crippen LogP contribution in [0.5, 0.6) is 0 Å². The zero-order valence-electron chi connectivity index (χ0n) is 6.49. The minimum Gasteiger partial charge on any atom is -0.374 e. The molecular formula is C8H13NO2. The molecule has 0 aromatic heterocycles. The monoisotopic (exact) mass is 155 g/mol. The van der Waals surface area contributed by atoms with Crippen molar-refractivity contribution in [3.63, 3.8) is 0 Å². The second kappa shape index (κ2) is 3.53. The summed E-state index contributed by atoms with van der Waals surface area (Å²) in [5.41, 5.74) is 0. The van der Waals surface area contributed by atoms with E-state index in [4.69, 9.17) is 0 Å². The minimum atomic E-state index is -0.553. The molecule has 0 aromatic rings. The highest BCUT2D eigenvalue weighted by atomic mass is 16.3. The molecule has 1 saturated heterocycles. The summed E-state index contributed by atoms with van der Waals surface area (Å²) < 4.78 is 0. The molecule has 1 N–H and O–H groups in total. The Morgan fingerprint density at radius 3 is 3.00 bits per heavy atom. The van der Waals surface area contributed by atoms with Gasteiger partial charge >= 0.3 is 0 Å². The lowest BCUT2D eigenvalue weighted by molar-refractivity contribution is -0.133. The van der Waals surface area contributed by atoms with Crippen molar-refractivity contribution in [2.45, 2.75) is 25.5 Å². The molecule has 11 heavy (non-hydrogen) atoms. The molecule has 0 bridgehead atoms. The number of aliphatic hydroxyl groups is 1. The maximum atomic E-state index is 11.0. The first kappa shape index (κ1) is 8.27. The Hall–Kier alpha value is -0.830. The van der Waals surface area contributed by atoms with Crippen molar-refractivity contribution in [1.29, 1.82) is 0 Å². The van der Waals surface area contributed by atoms with Gasteiger partial charge in [0.05, 0.1) is 0 Å². The number of likely N-dealkylation sites (tertiary alicyclic amines) is 1. The summed E-state index contributed by atoms with van der Waals surface area (Å²) in [7, 11) is 0. The third kappa shape index (κ3) is 1.80. The van der Waals surface area contributed by atoms with Gasteiger partial charge in [0.1, 0.15) is 6.23 Å². The van der Waals surface area contributed by atoms with E-state index in [1.165, 1.54) is 4.90 Å². The predicted molar refractivity (Wildman–Crippen MR) is 41.8 cm³/mol. The number of carbonyl (C=O) groups excluding carboxylic acids is 1. The molecule has 0 aliphatic carbocycles. The fourth-order valence-electron chi connectivity index (χ4n) is 1.22. The summed E-state index contributed by atoms with van der Waals surface area (Å²) in [5.74, 6) is 0.0550. The Bertz CT molecular complexity index is 167. The topological polar surface area (TPSA) is 40.5 Å². The molecule has 1 aliphatic heterocycles. The average molecular weight is 155 g/mol. The van der Waals surface area contributed by atoms with Crippen molar-refractivity contribution >= 4 is 5.91 Å². The highest BCUT2D eigenvalue weighted by Crippen LogP contribution is 2.15. The van der Waals surface area contributed by atoms with Crippen molar-refractivity contribution in [3.05, 3.63) is 12.7 Å². The standard InChI is InChI=1S/C8H13NO2/c1-2-3-6-9-7(10)4-5-8(9)11/h2,7,10H,1,3-6H2. The zero-order chi connectivity index (χ0) is 8.27. The van der Waals surface area contributed by atoms with Gasteiger partial charge in [0.2, 0.25) is 5.91 Å². The summed E-state index contributed by atoms with van der Waals surface area (Å²) in [5, 5.41) is 9.26. The predicted octanol–water partition coefficient (Wildman–Crippen LogP) is 0.503. The molecule has 1 fully saturated rings. The van der Waals surface area contributed by atoms with Crippen LogP contribution in [0.25, 0.3) is 0 Å². The normalized spacial score (nSPS) is 24.3. The lowest BCUT2D eigenvalue weighted by Gasteiger charge is -2.18. The van der Waals surface area contributed by atoms with E-state index >= 15 is 0 Å². The first-order valence-corrected chi connectivity index (χ1v) is 3.84. The average Bonchev–Trinajstić information content (AvgIpc) is 2.29. The maximum absolute atomic E-state index is 11.0. The highest BCUT2D eigenvalue weighted by molar-refractivity contribution is 5.78. The smallest absolute Gasteiger partial charge is 0.224 e. The molecule has 3 heteroatoms. The first-order chi connectivity index (χ1) is 5.25. The summed E-state index contributed by atoms with van der Waals surface area (Å²) in [6.45, 7) is 4.15.